The third-order valence-corrected chi connectivity index (χ3v) is 3.45. The first kappa shape index (κ1) is 10.5. The third kappa shape index (κ3) is 2.52. The molecule has 1 heterocycles. The summed E-state index contributed by atoms with van der Waals surface area (Å²) in [7, 11) is 0. The highest BCUT2D eigenvalue weighted by atomic mass is 35.5. The molecule has 1 aromatic carbocycles. The van der Waals surface area contributed by atoms with Crippen LogP contribution in [-0.4, -0.2) is 10.7 Å². The number of hydrogen-bond acceptors (Lipinski definition) is 2. The van der Waals surface area contributed by atoms with Crippen LogP contribution in [0.4, 0.5) is 0 Å². The second-order valence-corrected chi connectivity index (χ2v) is 4.68. The highest BCUT2D eigenvalue weighted by molar-refractivity contribution is 7.99. The van der Waals surface area contributed by atoms with Crippen LogP contribution in [0.15, 0.2) is 53.0 Å². The highest BCUT2D eigenvalue weighted by Gasteiger charge is 2.01. The monoisotopic (exact) mass is 235 g/mol. The summed E-state index contributed by atoms with van der Waals surface area (Å²) in [5, 5.41) is 1.84. The Hall–Kier alpha value is -0.990. The Morgan fingerprint density at radius 3 is 2.93 bits per heavy atom. The zero-order valence-electron chi connectivity index (χ0n) is 8.11. The maximum Gasteiger partial charge on any atom is 0.0713 e. The smallest absolute Gasteiger partial charge is 0.0713 e. The van der Waals surface area contributed by atoms with Crippen LogP contribution in [0, 0.1) is 0 Å². The SMILES string of the molecule is C=C(Cl)CSc1ccnc2ccccc12. The maximum absolute atomic E-state index is 5.75. The van der Waals surface area contributed by atoms with E-state index in [0.29, 0.717) is 5.03 Å². The fourth-order valence-corrected chi connectivity index (χ4v) is 2.31. The van der Waals surface area contributed by atoms with E-state index in [1.807, 2.05) is 30.5 Å². The molecule has 76 valence electrons. The van der Waals surface area contributed by atoms with Crippen LogP contribution in [-0.2, 0) is 0 Å². The van der Waals surface area contributed by atoms with Gasteiger partial charge in [0.2, 0.25) is 0 Å². The second-order valence-electron chi connectivity index (χ2n) is 3.13. The lowest BCUT2D eigenvalue weighted by molar-refractivity contribution is 1.35. The minimum Gasteiger partial charge on any atom is -0.256 e. The summed E-state index contributed by atoms with van der Waals surface area (Å²) in [6, 6.07) is 10.1. The average Bonchev–Trinajstić information content (AvgIpc) is 2.26. The van der Waals surface area contributed by atoms with Crippen LogP contribution >= 0.6 is 23.4 Å². The van der Waals surface area contributed by atoms with E-state index in [9.17, 15) is 0 Å². The van der Waals surface area contributed by atoms with Gasteiger partial charge < -0.3 is 0 Å². The number of aromatic nitrogens is 1. The molecule has 0 amide bonds. The molecule has 0 unspecified atom stereocenters. The lowest BCUT2D eigenvalue weighted by Crippen LogP contribution is -1.83. The van der Waals surface area contributed by atoms with Crippen molar-refractivity contribution in [2.45, 2.75) is 4.90 Å². The van der Waals surface area contributed by atoms with Gasteiger partial charge in [-0.2, -0.15) is 0 Å². The highest BCUT2D eigenvalue weighted by Crippen LogP contribution is 2.27. The van der Waals surface area contributed by atoms with Gasteiger partial charge in [-0.1, -0.05) is 36.4 Å². The van der Waals surface area contributed by atoms with Crippen molar-refractivity contribution in [3.63, 3.8) is 0 Å². The fourth-order valence-electron chi connectivity index (χ4n) is 1.35. The van der Waals surface area contributed by atoms with Gasteiger partial charge in [0.05, 0.1) is 5.52 Å². The Morgan fingerprint density at radius 1 is 1.33 bits per heavy atom. The number of pyridine rings is 1. The molecule has 0 bridgehead atoms. The normalized spacial score (nSPS) is 10.5. The van der Waals surface area contributed by atoms with Crippen molar-refractivity contribution in [1.82, 2.24) is 4.98 Å². The zero-order valence-corrected chi connectivity index (χ0v) is 9.68. The van der Waals surface area contributed by atoms with Crippen molar-refractivity contribution in [3.8, 4) is 0 Å². The molecule has 0 atom stereocenters. The van der Waals surface area contributed by atoms with E-state index < -0.39 is 0 Å². The maximum atomic E-state index is 5.75. The van der Waals surface area contributed by atoms with Crippen molar-refractivity contribution in [2.24, 2.45) is 0 Å². The van der Waals surface area contributed by atoms with Crippen LogP contribution in [0.3, 0.4) is 0 Å². The molecular formula is C12H10ClNS. The van der Waals surface area contributed by atoms with Gasteiger partial charge in [-0.15, -0.1) is 11.8 Å². The van der Waals surface area contributed by atoms with E-state index in [-0.39, 0.29) is 0 Å². The van der Waals surface area contributed by atoms with Gasteiger partial charge in [-0.25, -0.2) is 0 Å². The molecule has 0 aliphatic carbocycles. The second kappa shape index (κ2) is 4.69. The number of hydrogen-bond donors (Lipinski definition) is 0. The van der Waals surface area contributed by atoms with Gasteiger partial charge in [-0.3, -0.25) is 4.98 Å². The fraction of sp³-hybridized carbons (Fsp3) is 0.0833. The molecule has 2 rings (SSSR count). The largest absolute Gasteiger partial charge is 0.256 e. The van der Waals surface area contributed by atoms with Gasteiger partial charge in [0.25, 0.3) is 0 Å². The third-order valence-electron chi connectivity index (χ3n) is 1.99. The Labute approximate surface area is 98.2 Å². The van der Waals surface area contributed by atoms with Crippen molar-refractivity contribution in [3.05, 3.63) is 48.1 Å². The molecule has 0 radical (unpaired) electrons. The molecule has 3 heteroatoms. The lowest BCUT2D eigenvalue weighted by atomic mass is 10.2. The number of thioether (sulfide) groups is 1. The summed E-state index contributed by atoms with van der Waals surface area (Å²) in [5.41, 5.74) is 1.02. The number of halogens is 1. The predicted octanol–water partition coefficient (Wildman–Crippen LogP) is 4.08. The van der Waals surface area contributed by atoms with Crippen molar-refractivity contribution >= 4 is 34.3 Å². The van der Waals surface area contributed by atoms with Crippen molar-refractivity contribution < 1.29 is 0 Å². The van der Waals surface area contributed by atoms with Crippen molar-refractivity contribution in [2.75, 3.05) is 5.75 Å². The summed E-state index contributed by atoms with van der Waals surface area (Å²) >= 11 is 7.43. The average molecular weight is 236 g/mol. The first-order chi connectivity index (χ1) is 7.27. The molecule has 0 aliphatic rings. The number of fused-ring (bicyclic) bond motifs is 1. The molecule has 2 aromatic rings. The summed E-state index contributed by atoms with van der Waals surface area (Å²) in [6.45, 7) is 3.68. The molecular weight excluding hydrogens is 226 g/mol. The predicted molar refractivity (Wildman–Crippen MR) is 67.5 cm³/mol. The van der Waals surface area contributed by atoms with E-state index in [2.05, 4.69) is 17.6 Å². The molecule has 1 aromatic heterocycles. The first-order valence-corrected chi connectivity index (χ1v) is 5.93. The molecule has 15 heavy (non-hydrogen) atoms. The lowest BCUT2D eigenvalue weighted by Gasteiger charge is -2.04. The molecule has 0 N–H and O–H groups in total. The first-order valence-electron chi connectivity index (χ1n) is 4.57. The topological polar surface area (TPSA) is 12.9 Å². The summed E-state index contributed by atoms with van der Waals surface area (Å²) in [4.78, 5) is 5.50. The Bertz CT molecular complexity index is 490. The van der Waals surface area contributed by atoms with E-state index in [1.165, 1.54) is 10.3 Å². The van der Waals surface area contributed by atoms with Gasteiger partial charge in [0, 0.05) is 27.3 Å². The number of para-hydroxylation sites is 1. The summed E-state index contributed by atoms with van der Waals surface area (Å²) < 4.78 is 0. The Morgan fingerprint density at radius 2 is 2.13 bits per heavy atom. The van der Waals surface area contributed by atoms with Gasteiger partial charge in [-0.05, 0) is 12.1 Å². The Kier molecular flexibility index (Phi) is 3.29. The van der Waals surface area contributed by atoms with E-state index in [0.717, 1.165) is 11.3 Å². The van der Waals surface area contributed by atoms with E-state index in [4.69, 9.17) is 11.6 Å². The van der Waals surface area contributed by atoms with Crippen LogP contribution in [0.25, 0.3) is 10.9 Å². The zero-order chi connectivity index (χ0) is 10.7. The minimum atomic E-state index is 0.667. The van der Waals surface area contributed by atoms with Crippen LogP contribution in [0.5, 0.6) is 0 Å². The van der Waals surface area contributed by atoms with Crippen LogP contribution in [0.2, 0.25) is 0 Å². The van der Waals surface area contributed by atoms with Gasteiger partial charge in [0.15, 0.2) is 0 Å². The molecule has 0 saturated heterocycles. The summed E-state index contributed by atoms with van der Waals surface area (Å²) in [5.74, 6) is 0.732. The van der Waals surface area contributed by atoms with E-state index >= 15 is 0 Å². The standard InChI is InChI=1S/C12H10ClNS/c1-9(13)8-15-12-6-7-14-11-5-3-2-4-10(11)12/h2-7H,1,8H2. The molecule has 1 nitrogen and oxygen atoms in total. The van der Waals surface area contributed by atoms with Gasteiger partial charge >= 0.3 is 0 Å². The number of benzene rings is 1. The molecule has 0 spiro atoms. The Balaban J connectivity index is 2.38. The molecule has 0 aliphatic heterocycles. The number of nitrogens with zero attached hydrogens (tertiary/aromatic N) is 1. The van der Waals surface area contributed by atoms with E-state index in [1.54, 1.807) is 11.8 Å². The number of rotatable bonds is 3. The van der Waals surface area contributed by atoms with Crippen LogP contribution < -0.4 is 0 Å². The van der Waals surface area contributed by atoms with Crippen LogP contribution in [0.1, 0.15) is 0 Å². The summed E-state index contributed by atoms with van der Waals surface area (Å²) in [6.07, 6.45) is 1.82. The quantitative estimate of drug-likeness (QED) is 0.744. The van der Waals surface area contributed by atoms with Crippen molar-refractivity contribution in [1.29, 1.82) is 0 Å². The van der Waals surface area contributed by atoms with Gasteiger partial charge in [0.1, 0.15) is 0 Å². The minimum absolute atomic E-state index is 0.667. The molecule has 0 saturated carbocycles. The molecule has 0 fully saturated rings.